The molecule has 0 saturated carbocycles. The Labute approximate surface area is 152 Å². The van der Waals surface area contributed by atoms with E-state index in [0.29, 0.717) is 6.42 Å². The maximum absolute atomic E-state index is 12.1. The van der Waals surface area contributed by atoms with Gasteiger partial charge < -0.3 is 37.2 Å². The zero-order chi connectivity index (χ0) is 20.1. The van der Waals surface area contributed by atoms with Gasteiger partial charge in [0.05, 0.1) is 12.1 Å². The lowest BCUT2D eigenvalue weighted by atomic mass is 10.1. The average Bonchev–Trinajstić information content (AvgIpc) is 2.58. The second-order valence-electron chi connectivity index (χ2n) is 5.68. The van der Waals surface area contributed by atoms with Crippen LogP contribution in [0.1, 0.15) is 25.7 Å². The number of carbonyl (C=O) groups excluding carboxylic acids is 2. The summed E-state index contributed by atoms with van der Waals surface area (Å²) >= 11 is 0. The Morgan fingerprint density at radius 1 is 0.923 bits per heavy atom. The molecular weight excluding hydrogens is 346 g/mol. The van der Waals surface area contributed by atoms with Crippen LogP contribution in [-0.4, -0.2) is 79.3 Å². The van der Waals surface area contributed by atoms with Crippen LogP contribution in [-0.2, 0) is 19.2 Å². The van der Waals surface area contributed by atoms with Crippen molar-refractivity contribution in [1.82, 2.24) is 21.3 Å². The SMILES string of the molecule is CNC(CN)C(=O)NCCCC(NC(=O)C(CCC(=O)O)NC)C(=O)O. The number of hydrogen-bond acceptors (Lipinski definition) is 7. The van der Waals surface area contributed by atoms with Gasteiger partial charge in [0.15, 0.2) is 0 Å². The topological polar surface area (TPSA) is 183 Å². The molecule has 0 saturated heterocycles. The third-order valence-electron chi connectivity index (χ3n) is 3.80. The van der Waals surface area contributed by atoms with Gasteiger partial charge in [0.1, 0.15) is 6.04 Å². The normalized spacial score (nSPS) is 14.1. The summed E-state index contributed by atoms with van der Waals surface area (Å²) in [7, 11) is 3.10. The first-order chi connectivity index (χ1) is 12.3. The van der Waals surface area contributed by atoms with Crippen LogP contribution in [0, 0.1) is 0 Å². The molecule has 0 aliphatic heterocycles. The van der Waals surface area contributed by atoms with Gasteiger partial charge in [0, 0.05) is 19.5 Å². The number of amides is 2. The smallest absolute Gasteiger partial charge is 0.326 e. The van der Waals surface area contributed by atoms with Crippen LogP contribution < -0.4 is 27.0 Å². The van der Waals surface area contributed by atoms with E-state index in [9.17, 15) is 24.3 Å². The van der Waals surface area contributed by atoms with Crippen LogP contribution in [0.2, 0.25) is 0 Å². The molecule has 0 rings (SSSR count). The maximum Gasteiger partial charge on any atom is 0.326 e. The molecule has 0 aliphatic rings. The Kier molecular flexibility index (Phi) is 11.9. The first-order valence-corrected chi connectivity index (χ1v) is 8.34. The second-order valence-corrected chi connectivity index (χ2v) is 5.68. The molecule has 150 valence electrons. The zero-order valence-electron chi connectivity index (χ0n) is 15.1. The molecule has 0 spiro atoms. The van der Waals surface area contributed by atoms with Gasteiger partial charge in [-0.05, 0) is 33.4 Å². The van der Waals surface area contributed by atoms with Crippen LogP contribution in [0.4, 0.5) is 0 Å². The summed E-state index contributed by atoms with van der Waals surface area (Å²) in [4.78, 5) is 45.7. The lowest BCUT2D eigenvalue weighted by molar-refractivity contribution is -0.142. The van der Waals surface area contributed by atoms with Gasteiger partial charge in [-0.25, -0.2) is 4.79 Å². The van der Waals surface area contributed by atoms with Crippen molar-refractivity contribution in [2.45, 2.75) is 43.8 Å². The van der Waals surface area contributed by atoms with Gasteiger partial charge in [-0.2, -0.15) is 0 Å². The number of likely N-dealkylation sites (N-methyl/N-ethyl adjacent to an activating group) is 2. The van der Waals surface area contributed by atoms with Gasteiger partial charge in [-0.3, -0.25) is 14.4 Å². The van der Waals surface area contributed by atoms with Crippen LogP contribution in [0.5, 0.6) is 0 Å². The summed E-state index contributed by atoms with van der Waals surface area (Å²) < 4.78 is 0. The van der Waals surface area contributed by atoms with Crippen molar-refractivity contribution in [2.24, 2.45) is 5.73 Å². The highest BCUT2D eigenvalue weighted by atomic mass is 16.4. The van der Waals surface area contributed by atoms with Gasteiger partial charge in [-0.1, -0.05) is 0 Å². The molecule has 11 heteroatoms. The first-order valence-electron chi connectivity index (χ1n) is 8.34. The van der Waals surface area contributed by atoms with Crippen LogP contribution in [0.25, 0.3) is 0 Å². The molecule has 8 N–H and O–H groups in total. The van der Waals surface area contributed by atoms with Crippen LogP contribution in [0.15, 0.2) is 0 Å². The molecule has 0 fully saturated rings. The summed E-state index contributed by atoms with van der Waals surface area (Å²) in [6.45, 7) is 0.378. The molecule has 2 amide bonds. The Morgan fingerprint density at radius 3 is 2.00 bits per heavy atom. The largest absolute Gasteiger partial charge is 0.481 e. The predicted octanol–water partition coefficient (Wildman–Crippen LogP) is -2.55. The van der Waals surface area contributed by atoms with E-state index in [-0.39, 0.29) is 38.3 Å². The first kappa shape index (κ1) is 23.8. The van der Waals surface area contributed by atoms with Crippen molar-refractivity contribution >= 4 is 23.8 Å². The molecule has 0 heterocycles. The van der Waals surface area contributed by atoms with Crippen molar-refractivity contribution < 1.29 is 29.4 Å². The minimum Gasteiger partial charge on any atom is -0.481 e. The van der Waals surface area contributed by atoms with Crippen molar-refractivity contribution in [1.29, 1.82) is 0 Å². The highest BCUT2D eigenvalue weighted by molar-refractivity contribution is 5.87. The lowest BCUT2D eigenvalue weighted by Crippen LogP contribution is -2.50. The van der Waals surface area contributed by atoms with Crippen molar-refractivity contribution in [2.75, 3.05) is 27.2 Å². The highest BCUT2D eigenvalue weighted by Gasteiger charge is 2.24. The molecule has 0 aromatic carbocycles. The van der Waals surface area contributed by atoms with Crippen molar-refractivity contribution in [3.05, 3.63) is 0 Å². The number of hydrogen-bond donors (Lipinski definition) is 7. The Morgan fingerprint density at radius 2 is 1.54 bits per heavy atom. The van der Waals surface area contributed by atoms with E-state index in [1.807, 2.05) is 0 Å². The quantitative estimate of drug-likeness (QED) is 0.161. The van der Waals surface area contributed by atoms with Gasteiger partial charge in [0.25, 0.3) is 0 Å². The third kappa shape index (κ3) is 9.30. The van der Waals surface area contributed by atoms with Crippen LogP contribution in [0.3, 0.4) is 0 Å². The Balaban J connectivity index is 4.43. The summed E-state index contributed by atoms with van der Waals surface area (Å²) in [5.41, 5.74) is 5.42. The van der Waals surface area contributed by atoms with E-state index in [1.54, 1.807) is 7.05 Å². The van der Waals surface area contributed by atoms with E-state index < -0.39 is 36.0 Å². The Bertz CT molecular complexity index is 483. The van der Waals surface area contributed by atoms with E-state index in [2.05, 4.69) is 21.3 Å². The fraction of sp³-hybridized carbons (Fsp3) is 0.733. The zero-order valence-corrected chi connectivity index (χ0v) is 15.1. The molecule has 0 aromatic heterocycles. The predicted molar refractivity (Wildman–Crippen MR) is 93.4 cm³/mol. The Hall–Kier alpha value is -2.24. The van der Waals surface area contributed by atoms with Crippen molar-refractivity contribution in [3.63, 3.8) is 0 Å². The molecule has 26 heavy (non-hydrogen) atoms. The number of carboxylic acid groups (broad SMARTS) is 2. The number of aliphatic carboxylic acids is 2. The molecule has 11 nitrogen and oxygen atoms in total. The maximum atomic E-state index is 12.1. The van der Waals surface area contributed by atoms with E-state index >= 15 is 0 Å². The number of carbonyl (C=O) groups is 4. The van der Waals surface area contributed by atoms with E-state index in [1.165, 1.54) is 7.05 Å². The third-order valence-corrected chi connectivity index (χ3v) is 3.80. The molecule has 3 atom stereocenters. The molecule has 0 bridgehead atoms. The van der Waals surface area contributed by atoms with Gasteiger partial charge >= 0.3 is 11.9 Å². The van der Waals surface area contributed by atoms with E-state index in [0.717, 1.165) is 0 Å². The molecule has 3 unspecified atom stereocenters. The molecule has 0 radical (unpaired) electrons. The second kappa shape index (κ2) is 13.0. The lowest BCUT2D eigenvalue weighted by Gasteiger charge is -2.20. The number of carboxylic acids is 2. The highest BCUT2D eigenvalue weighted by Crippen LogP contribution is 2.02. The minimum atomic E-state index is -1.20. The van der Waals surface area contributed by atoms with E-state index in [4.69, 9.17) is 10.8 Å². The fourth-order valence-corrected chi connectivity index (χ4v) is 2.20. The molecular formula is C15H29N5O6. The monoisotopic (exact) mass is 375 g/mol. The minimum absolute atomic E-state index is 0.0462. The van der Waals surface area contributed by atoms with Gasteiger partial charge in [-0.15, -0.1) is 0 Å². The summed E-state index contributed by atoms with van der Waals surface area (Å²) in [6, 6.07) is -2.45. The number of nitrogens with one attached hydrogen (secondary N) is 4. The number of rotatable bonds is 14. The number of nitrogens with two attached hydrogens (primary N) is 1. The van der Waals surface area contributed by atoms with Crippen molar-refractivity contribution in [3.8, 4) is 0 Å². The molecule has 0 aliphatic carbocycles. The molecule has 0 aromatic rings. The van der Waals surface area contributed by atoms with Gasteiger partial charge in [0.2, 0.25) is 11.8 Å². The summed E-state index contributed by atoms with van der Waals surface area (Å²) in [6.07, 6.45) is 0.286. The summed E-state index contributed by atoms with van der Waals surface area (Å²) in [5, 5.41) is 28.3. The average molecular weight is 375 g/mol. The standard InChI is InChI=1S/C15H29N5O6/c1-17-9(5-6-12(21)22)14(24)20-10(15(25)26)4-3-7-19-13(23)11(8-16)18-2/h9-11,17-18H,3-8,16H2,1-2H3,(H,19,23)(H,20,24)(H,21,22)(H,25,26). The summed E-state index contributed by atoms with van der Waals surface area (Å²) in [5.74, 6) is -3.10. The fourth-order valence-electron chi connectivity index (χ4n) is 2.20. The van der Waals surface area contributed by atoms with Crippen LogP contribution >= 0.6 is 0 Å².